The number of nitrogens with zero attached hydrogens (tertiary/aromatic N) is 2. The maximum absolute atomic E-state index is 12.1. The number of alkyl halides is 3. The lowest BCUT2D eigenvalue weighted by atomic mass is 10.3. The van der Waals surface area contributed by atoms with Crippen LogP contribution in [0.1, 0.15) is 6.92 Å². The zero-order valence-corrected chi connectivity index (χ0v) is 10.2. The average Bonchev–Trinajstić information content (AvgIpc) is 2.29. The van der Waals surface area contributed by atoms with Crippen LogP contribution in [0, 0.1) is 0 Å². The first-order chi connectivity index (χ1) is 8.34. The molecule has 0 aromatic rings. The summed E-state index contributed by atoms with van der Waals surface area (Å²) >= 11 is 0. The smallest absolute Gasteiger partial charge is 0.395 e. The van der Waals surface area contributed by atoms with E-state index in [0.29, 0.717) is 32.7 Å². The van der Waals surface area contributed by atoms with Crippen molar-refractivity contribution in [1.82, 2.24) is 15.1 Å². The van der Waals surface area contributed by atoms with E-state index in [9.17, 15) is 18.0 Å². The fraction of sp³-hybridized carbons (Fsp3) is 0.900. The van der Waals surface area contributed by atoms with Crippen molar-refractivity contribution in [3.8, 4) is 0 Å². The highest BCUT2D eigenvalue weighted by Crippen LogP contribution is 2.15. The highest BCUT2D eigenvalue weighted by Gasteiger charge is 2.40. The molecule has 1 aliphatic rings. The van der Waals surface area contributed by atoms with Crippen LogP contribution in [0.4, 0.5) is 13.2 Å². The highest BCUT2D eigenvalue weighted by atomic mass is 19.4. The normalized spacial score (nSPS) is 20.7. The van der Waals surface area contributed by atoms with Gasteiger partial charge in [-0.3, -0.25) is 14.6 Å². The summed E-state index contributed by atoms with van der Waals surface area (Å²) in [6, 6.07) is 0. The first-order valence-corrected chi connectivity index (χ1v) is 5.79. The first-order valence-electron chi connectivity index (χ1n) is 5.79. The summed E-state index contributed by atoms with van der Waals surface area (Å²) < 4.78 is 36.2. The van der Waals surface area contributed by atoms with E-state index >= 15 is 0 Å². The van der Waals surface area contributed by atoms with E-state index < -0.39 is 18.2 Å². The minimum Gasteiger partial charge on any atom is -0.395 e. The lowest BCUT2D eigenvalue weighted by Crippen LogP contribution is -2.56. The fourth-order valence-electron chi connectivity index (χ4n) is 1.88. The van der Waals surface area contributed by atoms with Crippen LogP contribution in [0.2, 0.25) is 0 Å². The molecule has 5 nitrogen and oxygen atoms in total. The molecule has 0 bridgehead atoms. The van der Waals surface area contributed by atoms with E-state index in [0.717, 1.165) is 0 Å². The van der Waals surface area contributed by atoms with Gasteiger partial charge in [0, 0.05) is 32.7 Å². The van der Waals surface area contributed by atoms with Gasteiger partial charge in [-0.25, -0.2) is 0 Å². The summed E-state index contributed by atoms with van der Waals surface area (Å²) in [4.78, 5) is 14.6. The van der Waals surface area contributed by atoms with Crippen molar-refractivity contribution in [3.05, 3.63) is 0 Å². The molecule has 0 spiro atoms. The predicted octanol–water partition coefficient (Wildman–Crippen LogP) is -0.379. The molecule has 1 atom stereocenters. The van der Waals surface area contributed by atoms with E-state index in [2.05, 4.69) is 0 Å². The minimum atomic E-state index is -4.84. The van der Waals surface area contributed by atoms with E-state index in [1.165, 1.54) is 6.92 Å². The lowest BCUT2D eigenvalue weighted by Gasteiger charge is -2.37. The van der Waals surface area contributed by atoms with E-state index in [1.54, 1.807) is 4.90 Å². The van der Waals surface area contributed by atoms with Crippen LogP contribution in [0.5, 0.6) is 0 Å². The Morgan fingerprint density at radius 2 is 1.89 bits per heavy atom. The van der Waals surface area contributed by atoms with Gasteiger partial charge < -0.3 is 10.4 Å². The molecule has 1 amide bonds. The number of carbonyl (C=O) groups excluding carboxylic acids is 1. The predicted molar refractivity (Wildman–Crippen MR) is 58.8 cm³/mol. The van der Waals surface area contributed by atoms with Crippen LogP contribution >= 0.6 is 0 Å². The zero-order chi connectivity index (χ0) is 13.8. The number of hydrogen-bond acceptors (Lipinski definition) is 4. The van der Waals surface area contributed by atoms with E-state index in [-0.39, 0.29) is 6.61 Å². The Labute approximate surface area is 104 Å². The monoisotopic (exact) mass is 269 g/mol. The van der Waals surface area contributed by atoms with E-state index in [1.807, 2.05) is 10.2 Å². The molecule has 0 aromatic carbocycles. The van der Waals surface area contributed by atoms with Gasteiger partial charge in [0.1, 0.15) is 0 Å². The van der Waals surface area contributed by atoms with E-state index in [4.69, 9.17) is 5.11 Å². The third-order valence-electron chi connectivity index (χ3n) is 2.97. The molecule has 0 aromatic heterocycles. The topological polar surface area (TPSA) is 55.8 Å². The van der Waals surface area contributed by atoms with Gasteiger partial charge in [0.05, 0.1) is 12.8 Å². The molecule has 1 heterocycles. The van der Waals surface area contributed by atoms with Gasteiger partial charge in [-0.2, -0.15) is 13.2 Å². The van der Waals surface area contributed by atoms with Crippen molar-refractivity contribution in [2.75, 3.05) is 39.3 Å². The molecule has 0 saturated carbocycles. The Balaban J connectivity index is 2.36. The fourth-order valence-corrected chi connectivity index (χ4v) is 1.88. The zero-order valence-electron chi connectivity index (χ0n) is 10.2. The number of amides is 1. The number of carbonyl (C=O) groups is 1. The van der Waals surface area contributed by atoms with Gasteiger partial charge in [-0.05, 0) is 6.92 Å². The van der Waals surface area contributed by atoms with Crippen molar-refractivity contribution in [1.29, 1.82) is 0 Å². The molecule has 106 valence electrons. The van der Waals surface area contributed by atoms with Gasteiger partial charge in [-0.1, -0.05) is 0 Å². The van der Waals surface area contributed by atoms with Crippen molar-refractivity contribution in [2.45, 2.75) is 19.3 Å². The standard InChI is InChI=1S/C10H18F3N3O2/c1-8(14-9(18)10(11,12)13)16-4-2-15(3-5-16)6-7-17/h8,17H,2-7H2,1H3,(H,14,18). The van der Waals surface area contributed by atoms with Crippen LogP contribution in [0.3, 0.4) is 0 Å². The van der Waals surface area contributed by atoms with Crippen molar-refractivity contribution in [3.63, 3.8) is 0 Å². The molecule has 1 rings (SSSR count). The summed E-state index contributed by atoms with van der Waals surface area (Å²) in [5.41, 5.74) is 0. The van der Waals surface area contributed by atoms with Gasteiger partial charge in [0.25, 0.3) is 0 Å². The first kappa shape index (κ1) is 15.2. The average molecular weight is 269 g/mol. The maximum atomic E-state index is 12.1. The Morgan fingerprint density at radius 1 is 1.33 bits per heavy atom. The second-order valence-electron chi connectivity index (χ2n) is 4.25. The molecule has 8 heteroatoms. The number of piperazine rings is 1. The van der Waals surface area contributed by atoms with Crippen LogP contribution in [-0.4, -0.2) is 72.5 Å². The molecule has 1 aliphatic heterocycles. The Hall–Kier alpha value is -0.860. The molecule has 1 fully saturated rings. The molecular formula is C10H18F3N3O2. The van der Waals surface area contributed by atoms with Crippen molar-refractivity contribution in [2.24, 2.45) is 0 Å². The quantitative estimate of drug-likeness (QED) is 0.730. The summed E-state index contributed by atoms with van der Waals surface area (Å²) in [7, 11) is 0. The molecule has 2 N–H and O–H groups in total. The van der Waals surface area contributed by atoms with Gasteiger partial charge in [0.2, 0.25) is 0 Å². The second-order valence-corrected chi connectivity index (χ2v) is 4.25. The summed E-state index contributed by atoms with van der Waals surface area (Å²) in [6.45, 7) is 4.65. The van der Waals surface area contributed by atoms with Crippen LogP contribution in [0.15, 0.2) is 0 Å². The van der Waals surface area contributed by atoms with Crippen LogP contribution in [0.25, 0.3) is 0 Å². The molecule has 1 saturated heterocycles. The van der Waals surface area contributed by atoms with Gasteiger partial charge in [0.15, 0.2) is 0 Å². The lowest BCUT2D eigenvalue weighted by molar-refractivity contribution is -0.175. The summed E-state index contributed by atoms with van der Waals surface area (Å²) in [5.74, 6) is -1.91. The number of aliphatic hydroxyl groups is 1. The Kier molecular flexibility index (Phi) is 5.36. The number of hydrogen-bond donors (Lipinski definition) is 2. The summed E-state index contributed by atoms with van der Waals surface area (Å²) in [6.07, 6.45) is -5.48. The van der Waals surface area contributed by atoms with Crippen molar-refractivity contribution >= 4 is 5.91 Å². The third kappa shape index (κ3) is 4.43. The van der Waals surface area contributed by atoms with Crippen LogP contribution in [-0.2, 0) is 4.79 Å². The number of nitrogens with one attached hydrogen (secondary N) is 1. The SMILES string of the molecule is CC(NC(=O)C(F)(F)F)N1CCN(CCO)CC1. The third-order valence-corrected chi connectivity index (χ3v) is 2.97. The van der Waals surface area contributed by atoms with Gasteiger partial charge in [-0.15, -0.1) is 0 Å². The molecular weight excluding hydrogens is 251 g/mol. The van der Waals surface area contributed by atoms with Gasteiger partial charge >= 0.3 is 12.1 Å². The minimum absolute atomic E-state index is 0.0698. The number of β-amino-alcohol motifs (C(OH)–C–C–N with tert-alkyl or cyclic N) is 1. The number of halogens is 3. The molecule has 1 unspecified atom stereocenters. The Bertz CT molecular complexity index is 278. The number of rotatable bonds is 4. The summed E-state index contributed by atoms with van der Waals surface area (Å²) in [5, 5.41) is 10.7. The van der Waals surface area contributed by atoms with Crippen molar-refractivity contribution < 1.29 is 23.1 Å². The maximum Gasteiger partial charge on any atom is 0.471 e. The largest absolute Gasteiger partial charge is 0.471 e. The molecule has 18 heavy (non-hydrogen) atoms. The number of aliphatic hydroxyl groups excluding tert-OH is 1. The second kappa shape index (κ2) is 6.35. The molecule has 0 aliphatic carbocycles. The van der Waals surface area contributed by atoms with Crippen LogP contribution < -0.4 is 5.32 Å². The highest BCUT2D eigenvalue weighted by molar-refractivity contribution is 5.81. The Morgan fingerprint density at radius 3 is 2.33 bits per heavy atom. The molecule has 0 radical (unpaired) electrons.